The molecule has 0 aromatic heterocycles. The van der Waals surface area contributed by atoms with Crippen molar-refractivity contribution in [1.82, 2.24) is 10.2 Å². The fraction of sp³-hybridized carbons (Fsp3) is 0.967. The second kappa shape index (κ2) is 27.7. The van der Waals surface area contributed by atoms with E-state index in [-0.39, 0.29) is 5.91 Å². The van der Waals surface area contributed by atoms with E-state index in [1.54, 1.807) is 0 Å². The van der Waals surface area contributed by atoms with Gasteiger partial charge in [-0.1, -0.05) is 124 Å². The summed E-state index contributed by atoms with van der Waals surface area (Å²) in [5.74, 6) is 0.225. The lowest BCUT2D eigenvalue weighted by atomic mass is 10.1. The molecule has 1 fully saturated rings. The van der Waals surface area contributed by atoms with Gasteiger partial charge in [0.25, 0.3) is 0 Å². The van der Waals surface area contributed by atoms with E-state index in [0.29, 0.717) is 0 Å². The van der Waals surface area contributed by atoms with Gasteiger partial charge in [0.15, 0.2) is 0 Å². The van der Waals surface area contributed by atoms with E-state index in [1.165, 1.54) is 142 Å². The molecule has 0 aromatic rings. The molecule has 3 heteroatoms. The zero-order chi connectivity index (χ0) is 24.2. The van der Waals surface area contributed by atoms with Gasteiger partial charge in [0.05, 0.1) is 0 Å². The zero-order valence-corrected chi connectivity index (χ0v) is 23.2. The van der Waals surface area contributed by atoms with Crippen LogP contribution < -0.4 is 5.32 Å². The molecule has 0 unspecified atom stereocenters. The molecule has 1 heterocycles. The van der Waals surface area contributed by atoms with Crippen LogP contribution in [-0.2, 0) is 4.79 Å². The average molecular weight is 467 g/mol. The van der Waals surface area contributed by atoms with Crippen molar-refractivity contribution in [3.63, 3.8) is 0 Å². The standard InChI is InChI=1S/C24H51N.C6H11NO/c1-4-7-10-13-16-19-22-25(23-20-17-14-11-8-5-2)24-21-18-15-12-9-6-3;8-6-4-2-1-3-5-7-6/h4-24H2,1-3H3;1-5H2,(H,7,8). The smallest absolute Gasteiger partial charge is 0.219 e. The van der Waals surface area contributed by atoms with E-state index >= 15 is 0 Å². The molecule has 1 N–H and O–H groups in total. The van der Waals surface area contributed by atoms with Crippen LogP contribution in [0.1, 0.15) is 162 Å². The van der Waals surface area contributed by atoms with Crippen LogP contribution in [0.3, 0.4) is 0 Å². The molecule has 1 aliphatic heterocycles. The molecule has 0 bridgehead atoms. The maximum atomic E-state index is 10.6. The van der Waals surface area contributed by atoms with Crippen LogP contribution in [0.2, 0.25) is 0 Å². The summed E-state index contributed by atoms with van der Waals surface area (Å²) in [7, 11) is 0. The molecule has 0 atom stereocenters. The lowest BCUT2D eigenvalue weighted by Crippen LogP contribution is -2.27. The monoisotopic (exact) mass is 466 g/mol. The van der Waals surface area contributed by atoms with Gasteiger partial charge in [0.2, 0.25) is 5.91 Å². The maximum Gasteiger partial charge on any atom is 0.219 e. The van der Waals surface area contributed by atoms with E-state index < -0.39 is 0 Å². The third kappa shape index (κ3) is 25.9. The molecule has 1 amide bonds. The Morgan fingerprint density at radius 2 is 0.939 bits per heavy atom. The number of unbranched alkanes of at least 4 members (excludes halogenated alkanes) is 15. The van der Waals surface area contributed by atoms with Crippen molar-refractivity contribution in [2.24, 2.45) is 0 Å². The third-order valence-electron chi connectivity index (χ3n) is 6.89. The first-order valence-corrected chi connectivity index (χ1v) is 15.2. The quantitative estimate of drug-likeness (QED) is 0.171. The van der Waals surface area contributed by atoms with Gasteiger partial charge >= 0.3 is 0 Å². The first-order valence-electron chi connectivity index (χ1n) is 15.2. The van der Waals surface area contributed by atoms with Gasteiger partial charge in [0, 0.05) is 13.0 Å². The van der Waals surface area contributed by atoms with E-state index in [2.05, 4.69) is 31.0 Å². The van der Waals surface area contributed by atoms with Crippen LogP contribution in [0.4, 0.5) is 0 Å². The van der Waals surface area contributed by atoms with Crippen molar-refractivity contribution in [1.29, 1.82) is 0 Å². The summed E-state index contributed by atoms with van der Waals surface area (Å²) in [5.41, 5.74) is 0. The third-order valence-corrected chi connectivity index (χ3v) is 6.89. The number of hydrogen-bond acceptors (Lipinski definition) is 2. The molecular weight excluding hydrogens is 404 g/mol. The van der Waals surface area contributed by atoms with E-state index in [1.807, 2.05) is 0 Å². The number of rotatable bonds is 21. The van der Waals surface area contributed by atoms with Crippen molar-refractivity contribution >= 4 is 5.91 Å². The minimum atomic E-state index is 0.225. The van der Waals surface area contributed by atoms with Gasteiger partial charge < -0.3 is 10.2 Å². The summed E-state index contributed by atoms with van der Waals surface area (Å²) >= 11 is 0. The van der Waals surface area contributed by atoms with E-state index in [0.717, 1.165) is 25.8 Å². The molecule has 1 aliphatic rings. The van der Waals surface area contributed by atoms with Gasteiger partial charge in [-0.25, -0.2) is 0 Å². The van der Waals surface area contributed by atoms with E-state index in [4.69, 9.17) is 0 Å². The summed E-state index contributed by atoms with van der Waals surface area (Å²) in [6.45, 7) is 11.9. The molecule has 0 radical (unpaired) electrons. The Balaban J connectivity index is 0.00000106. The van der Waals surface area contributed by atoms with Gasteiger partial charge in [-0.2, -0.15) is 0 Å². The van der Waals surface area contributed by atoms with Crippen LogP contribution in [0.15, 0.2) is 0 Å². The minimum absolute atomic E-state index is 0.225. The van der Waals surface area contributed by atoms with Crippen LogP contribution in [-0.4, -0.2) is 37.0 Å². The van der Waals surface area contributed by atoms with Crippen molar-refractivity contribution < 1.29 is 4.79 Å². The summed E-state index contributed by atoms with van der Waals surface area (Å²) in [4.78, 5) is 13.4. The second-order valence-electron chi connectivity index (χ2n) is 10.3. The summed E-state index contributed by atoms with van der Waals surface area (Å²) < 4.78 is 0. The highest BCUT2D eigenvalue weighted by Gasteiger charge is 2.05. The van der Waals surface area contributed by atoms with Gasteiger partial charge in [-0.3, -0.25) is 4.79 Å². The van der Waals surface area contributed by atoms with Crippen LogP contribution >= 0.6 is 0 Å². The fourth-order valence-electron chi connectivity index (χ4n) is 4.59. The van der Waals surface area contributed by atoms with Gasteiger partial charge in [-0.15, -0.1) is 0 Å². The lowest BCUT2D eigenvalue weighted by Gasteiger charge is -2.22. The largest absolute Gasteiger partial charge is 0.356 e. The summed E-state index contributed by atoms with van der Waals surface area (Å²) in [6, 6.07) is 0. The Morgan fingerprint density at radius 3 is 1.36 bits per heavy atom. The number of hydrogen-bond donors (Lipinski definition) is 1. The Hall–Kier alpha value is -0.570. The highest BCUT2D eigenvalue weighted by molar-refractivity contribution is 5.75. The minimum Gasteiger partial charge on any atom is -0.356 e. The number of carbonyl (C=O) groups is 1. The summed E-state index contributed by atoms with van der Waals surface area (Å²) in [5, 5.41) is 2.81. The average Bonchev–Trinajstić information content (AvgIpc) is 3.08. The Labute approximate surface area is 209 Å². The fourth-order valence-corrected chi connectivity index (χ4v) is 4.59. The predicted octanol–water partition coefficient (Wildman–Crippen LogP) is 9.05. The van der Waals surface area contributed by atoms with Gasteiger partial charge in [-0.05, 0) is 51.7 Å². The maximum absolute atomic E-state index is 10.6. The van der Waals surface area contributed by atoms with Crippen LogP contribution in [0, 0.1) is 0 Å². The normalized spacial score (nSPS) is 14.0. The number of carbonyl (C=O) groups excluding carboxylic acids is 1. The molecule has 1 saturated heterocycles. The Kier molecular flexibility index (Phi) is 27.2. The summed E-state index contributed by atoms with van der Waals surface area (Å²) in [6.07, 6.45) is 29.9. The zero-order valence-electron chi connectivity index (χ0n) is 23.2. The topological polar surface area (TPSA) is 32.3 Å². The first kappa shape index (κ1) is 32.4. The molecule has 0 aromatic carbocycles. The Morgan fingerprint density at radius 1 is 0.545 bits per heavy atom. The Bertz CT molecular complexity index is 337. The second-order valence-corrected chi connectivity index (χ2v) is 10.3. The molecular formula is C30H62N2O. The lowest BCUT2D eigenvalue weighted by molar-refractivity contribution is -0.120. The highest BCUT2D eigenvalue weighted by Crippen LogP contribution is 2.11. The van der Waals surface area contributed by atoms with Crippen molar-refractivity contribution in [2.75, 3.05) is 26.2 Å². The van der Waals surface area contributed by atoms with Crippen molar-refractivity contribution in [3.05, 3.63) is 0 Å². The molecule has 0 saturated carbocycles. The number of amides is 1. The molecule has 198 valence electrons. The molecule has 0 spiro atoms. The molecule has 33 heavy (non-hydrogen) atoms. The number of nitrogens with one attached hydrogen (secondary N) is 1. The molecule has 3 nitrogen and oxygen atoms in total. The van der Waals surface area contributed by atoms with Gasteiger partial charge in [0.1, 0.15) is 0 Å². The highest BCUT2D eigenvalue weighted by atomic mass is 16.1. The predicted molar refractivity (Wildman–Crippen MR) is 148 cm³/mol. The first-order chi connectivity index (χ1) is 16.2. The van der Waals surface area contributed by atoms with Crippen molar-refractivity contribution in [2.45, 2.75) is 162 Å². The SMILES string of the molecule is CCCCCCCCN(CCCCCCCC)CCCCCCCC.O=C1CCCCCN1. The van der Waals surface area contributed by atoms with Crippen LogP contribution in [0.5, 0.6) is 0 Å². The van der Waals surface area contributed by atoms with Crippen molar-refractivity contribution in [3.8, 4) is 0 Å². The number of nitrogens with zero attached hydrogens (tertiary/aromatic N) is 1. The molecule has 0 aliphatic carbocycles. The van der Waals surface area contributed by atoms with E-state index in [9.17, 15) is 4.79 Å². The van der Waals surface area contributed by atoms with Crippen LogP contribution in [0.25, 0.3) is 0 Å². The molecule has 1 rings (SSSR count).